The van der Waals surface area contributed by atoms with Crippen molar-refractivity contribution in [3.63, 3.8) is 0 Å². The zero-order valence-corrected chi connectivity index (χ0v) is 34.9. The van der Waals surface area contributed by atoms with Crippen molar-refractivity contribution in [1.82, 2.24) is 0 Å². The summed E-state index contributed by atoms with van der Waals surface area (Å²) in [5, 5.41) is 0. The van der Waals surface area contributed by atoms with Crippen LogP contribution in [0.15, 0.2) is 109 Å². The van der Waals surface area contributed by atoms with Crippen molar-refractivity contribution >= 4 is 23.9 Å². The molecular weight excluding hydrogens is 851 g/mol. The first-order valence-corrected chi connectivity index (χ1v) is 20.5. The van der Waals surface area contributed by atoms with Gasteiger partial charge in [0.05, 0.1) is 37.6 Å². The standard InChI is InChI=1S/C48H46F6O10/c1-30-41-28-37(63-45(57)33-12-16-35(17-13-33)59-24-8-4-6-10-26-61-43(55)31(2)47(49,50)51)20-22-39(41)40-23-21-38(29-42(30)40)64-46(58)34-14-18-36(19-15-34)60-25-9-5-7-11-27-62-44(56)32(3)48(52,53)54/h12-23,28-30H,2-11,24-27H2,1H3. The quantitative estimate of drug-likeness (QED) is 0.0248. The Bertz CT molecular complexity index is 2140. The Morgan fingerprint density at radius 1 is 0.484 bits per heavy atom. The number of benzene rings is 4. The maximum Gasteiger partial charge on any atom is 0.422 e. The average Bonchev–Trinajstić information content (AvgIpc) is 3.53. The van der Waals surface area contributed by atoms with Crippen LogP contribution in [0.1, 0.15) is 96.1 Å². The third-order valence-corrected chi connectivity index (χ3v) is 10.1. The van der Waals surface area contributed by atoms with E-state index < -0.39 is 47.4 Å². The number of alkyl halides is 6. The molecule has 1 aliphatic carbocycles. The monoisotopic (exact) mass is 896 g/mol. The molecule has 5 rings (SSSR count). The number of carbonyl (C=O) groups excluding carboxylic acids is 4. The molecule has 0 aliphatic heterocycles. The van der Waals surface area contributed by atoms with Gasteiger partial charge >= 0.3 is 36.2 Å². The van der Waals surface area contributed by atoms with Crippen LogP contribution in [0.4, 0.5) is 26.3 Å². The fraction of sp³-hybridized carbons (Fsp3) is 0.333. The Labute approximate surface area is 365 Å². The highest BCUT2D eigenvalue weighted by molar-refractivity contribution is 5.93. The first kappa shape index (κ1) is 48.5. The van der Waals surface area contributed by atoms with Gasteiger partial charge in [-0.15, -0.1) is 0 Å². The van der Waals surface area contributed by atoms with E-state index >= 15 is 0 Å². The summed E-state index contributed by atoms with van der Waals surface area (Å²) in [6.07, 6.45) is -4.84. The molecule has 0 spiro atoms. The number of rotatable bonds is 22. The zero-order chi connectivity index (χ0) is 46.4. The van der Waals surface area contributed by atoms with E-state index in [4.69, 9.17) is 18.9 Å². The molecule has 0 fully saturated rings. The van der Waals surface area contributed by atoms with Crippen LogP contribution in [0.2, 0.25) is 0 Å². The molecule has 0 saturated carbocycles. The van der Waals surface area contributed by atoms with E-state index in [1.165, 1.54) is 0 Å². The molecule has 0 saturated heterocycles. The number of hydrogen-bond donors (Lipinski definition) is 0. The predicted octanol–water partition coefficient (Wildman–Crippen LogP) is 11.5. The smallest absolute Gasteiger partial charge is 0.422 e. The van der Waals surface area contributed by atoms with Gasteiger partial charge < -0.3 is 28.4 Å². The third-order valence-electron chi connectivity index (χ3n) is 10.1. The first-order chi connectivity index (χ1) is 30.4. The van der Waals surface area contributed by atoms with Gasteiger partial charge in [-0.05, 0) is 146 Å². The summed E-state index contributed by atoms with van der Waals surface area (Å²) >= 11 is 0. The van der Waals surface area contributed by atoms with E-state index in [9.17, 15) is 45.5 Å². The van der Waals surface area contributed by atoms with Gasteiger partial charge in [-0.25, -0.2) is 19.2 Å². The van der Waals surface area contributed by atoms with Gasteiger partial charge in [-0.2, -0.15) is 26.3 Å². The van der Waals surface area contributed by atoms with Crippen LogP contribution in [0.3, 0.4) is 0 Å². The number of hydrogen-bond acceptors (Lipinski definition) is 10. The van der Waals surface area contributed by atoms with Crippen LogP contribution in [0.25, 0.3) is 11.1 Å². The Morgan fingerprint density at radius 2 is 0.812 bits per heavy atom. The van der Waals surface area contributed by atoms with Crippen molar-refractivity contribution in [2.75, 3.05) is 26.4 Å². The minimum Gasteiger partial charge on any atom is -0.494 e. The second kappa shape index (κ2) is 22.2. The highest BCUT2D eigenvalue weighted by Gasteiger charge is 2.38. The summed E-state index contributed by atoms with van der Waals surface area (Å²) in [6.45, 7) is 7.90. The molecular formula is C48H46F6O10. The van der Waals surface area contributed by atoms with E-state index in [-0.39, 0.29) is 19.1 Å². The summed E-state index contributed by atoms with van der Waals surface area (Å²) in [5.41, 5.74) is 1.37. The highest BCUT2D eigenvalue weighted by Crippen LogP contribution is 2.47. The molecule has 16 heteroatoms. The van der Waals surface area contributed by atoms with E-state index in [2.05, 4.69) is 22.6 Å². The van der Waals surface area contributed by atoms with Crippen LogP contribution in [-0.2, 0) is 19.1 Å². The molecule has 340 valence electrons. The Balaban J connectivity index is 1.01. The van der Waals surface area contributed by atoms with Crippen LogP contribution in [0.5, 0.6) is 23.0 Å². The number of halogens is 6. The largest absolute Gasteiger partial charge is 0.494 e. The molecule has 0 amide bonds. The third kappa shape index (κ3) is 13.7. The van der Waals surface area contributed by atoms with E-state index in [0.717, 1.165) is 22.3 Å². The Kier molecular flexibility index (Phi) is 16.8. The number of esters is 4. The van der Waals surface area contributed by atoms with Gasteiger partial charge in [0.15, 0.2) is 0 Å². The molecule has 0 N–H and O–H groups in total. The molecule has 0 atom stereocenters. The molecule has 0 radical (unpaired) electrons. The van der Waals surface area contributed by atoms with E-state index in [1.807, 2.05) is 31.2 Å². The molecule has 4 aromatic rings. The van der Waals surface area contributed by atoms with Crippen LogP contribution in [-0.4, -0.2) is 62.7 Å². The molecule has 10 nitrogen and oxygen atoms in total. The molecule has 0 unspecified atom stereocenters. The molecule has 0 bridgehead atoms. The molecule has 64 heavy (non-hydrogen) atoms. The van der Waals surface area contributed by atoms with Crippen LogP contribution >= 0.6 is 0 Å². The summed E-state index contributed by atoms with van der Waals surface area (Å²) in [4.78, 5) is 48.7. The van der Waals surface area contributed by atoms with Crippen molar-refractivity contribution in [2.45, 2.75) is 76.6 Å². The Hall–Kier alpha value is -6.58. The highest BCUT2D eigenvalue weighted by atomic mass is 19.4. The summed E-state index contributed by atoms with van der Waals surface area (Å²) < 4.78 is 107. The number of fused-ring (bicyclic) bond motifs is 3. The zero-order valence-electron chi connectivity index (χ0n) is 34.9. The summed E-state index contributed by atoms with van der Waals surface area (Å²) in [7, 11) is 0. The van der Waals surface area contributed by atoms with Crippen molar-refractivity contribution in [1.29, 1.82) is 0 Å². The van der Waals surface area contributed by atoms with Gasteiger partial charge in [0.2, 0.25) is 0 Å². The molecule has 1 aliphatic rings. The molecule has 0 heterocycles. The Morgan fingerprint density at radius 3 is 1.16 bits per heavy atom. The lowest BCUT2D eigenvalue weighted by Crippen LogP contribution is -2.21. The lowest BCUT2D eigenvalue weighted by Gasteiger charge is -2.11. The lowest BCUT2D eigenvalue weighted by molar-refractivity contribution is -0.152. The first-order valence-electron chi connectivity index (χ1n) is 20.5. The van der Waals surface area contributed by atoms with Crippen LogP contribution in [0, 0.1) is 0 Å². The molecule has 4 aromatic carbocycles. The maximum absolute atomic E-state index is 13.0. The van der Waals surface area contributed by atoms with Crippen molar-refractivity contribution in [3.05, 3.63) is 131 Å². The van der Waals surface area contributed by atoms with Crippen molar-refractivity contribution in [3.8, 4) is 34.1 Å². The number of carbonyl (C=O) groups is 4. The average molecular weight is 897 g/mol. The minimum atomic E-state index is -4.81. The minimum absolute atomic E-state index is 0.0993. The van der Waals surface area contributed by atoms with Gasteiger partial charge in [0, 0.05) is 5.92 Å². The van der Waals surface area contributed by atoms with Gasteiger partial charge in [0.1, 0.15) is 34.1 Å². The summed E-state index contributed by atoms with van der Waals surface area (Å²) in [6, 6.07) is 23.8. The van der Waals surface area contributed by atoms with Gasteiger partial charge in [-0.3, -0.25) is 0 Å². The second-order valence-electron chi connectivity index (χ2n) is 14.8. The number of unbranched alkanes of at least 4 members (excludes halogenated alkanes) is 6. The van der Waals surface area contributed by atoms with E-state index in [1.54, 1.807) is 60.7 Å². The van der Waals surface area contributed by atoms with E-state index in [0.29, 0.717) is 98.7 Å². The van der Waals surface area contributed by atoms with Gasteiger partial charge in [0.25, 0.3) is 0 Å². The van der Waals surface area contributed by atoms with Gasteiger partial charge in [-0.1, -0.05) is 32.2 Å². The second-order valence-corrected chi connectivity index (χ2v) is 14.8. The van der Waals surface area contributed by atoms with Crippen molar-refractivity contribution in [2.24, 2.45) is 0 Å². The van der Waals surface area contributed by atoms with Crippen LogP contribution < -0.4 is 18.9 Å². The normalized spacial score (nSPS) is 12.1. The maximum atomic E-state index is 13.0. The van der Waals surface area contributed by atoms with Crippen molar-refractivity contribution < 1.29 is 73.9 Å². The fourth-order valence-electron chi connectivity index (χ4n) is 6.52. The fourth-order valence-corrected chi connectivity index (χ4v) is 6.52. The lowest BCUT2D eigenvalue weighted by atomic mass is 9.99. The summed E-state index contributed by atoms with van der Waals surface area (Å²) in [5.74, 6) is -2.35. The predicted molar refractivity (Wildman–Crippen MR) is 222 cm³/mol. The molecule has 0 aromatic heterocycles. The SMILES string of the molecule is C=C(C(=O)OCCCCCCOc1ccc(C(=O)Oc2ccc3c(c2)C(C)c2cc(OC(=O)c4ccc(OCCCCCCOC(=O)C(=C)C(F)(F)F)cc4)ccc2-3)cc1)C(F)(F)F. The number of ether oxygens (including phenoxy) is 6. The topological polar surface area (TPSA) is 124 Å².